The molecule has 112 valence electrons. The summed E-state index contributed by atoms with van der Waals surface area (Å²) in [5.41, 5.74) is 1.93. The zero-order valence-electron chi connectivity index (χ0n) is 11.6. The van der Waals surface area contributed by atoms with Crippen LogP contribution in [0.1, 0.15) is 16.7 Å². The summed E-state index contributed by atoms with van der Waals surface area (Å²) in [4.78, 5) is 0.0692. The Bertz CT molecular complexity index is 772. The number of hydrogen-bond donors (Lipinski definition) is 0. The maximum Gasteiger partial charge on any atom is 0.261 e. The fourth-order valence-corrected chi connectivity index (χ4v) is 3.23. The molecule has 0 saturated heterocycles. The molecule has 0 saturated carbocycles. The van der Waals surface area contributed by atoms with Gasteiger partial charge in [-0.15, -0.1) is 0 Å². The molecule has 3 nitrogen and oxygen atoms in total. The van der Waals surface area contributed by atoms with Crippen molar-refractivity contribution in [2.24, 2.45) is 0 Å². The lowest BCUT2D eigenvalue weighted by Crippen LogP contribution is -2.02. The average Bonchev–Trinajstić information content (AvgIpc) is 2.39. The van der Waals surface area contributed by atoms with Crippen LogP contribution < -0.4 is 4.74 Å². The zero-order valence-corrected chi connectivity index (χ0v) is 13.1. The third-order valence-electron chi connectivity index (χ3n) is 3.23. The summed E-state index contributed by atoms with van der Waals surface area (Å²) in [6.07, 6.45) is 0. The molecule has 0 aliphatic carbocycles. The van der Waals surface area contributed by atoms with E-state index in [1.165, 1.54) is 18.2 Å². The maximum absolute atomic E-state index is 13.1. The van der Waals surface area contributed by atoms with Gasteiger partial charge < -0.3 is 4.74 Å². The summed E-state index contributed by atoms with van der Waals surface area (Å²) >= 11 is 0. The number of halogens is 2. The van der Waals surface area contributed by atoms with E-state index in [1.54, 1.807) is 32.0 Å². The van der Waals surface area contributed by atoms with E-state index >= 15 is 0 Å². The molecule has 0 bridgehead atoms. The van der Waals surface area contributed by atoms with Crippen molar-refractivity contribution in [3.8, 4) is 5.75 Å². The van der Waals surface area contributed by atoms with Crippen molar-refractivity contribution in [3.63, 3.8) is 0 Å². The van der Waals surface area contributed by atoms with Crippen LogP contribution >= 0.6 is 10.7 Å². The molecular weight excluding hydrogens is 315 g/mol. The van der Waals surface area contributed by atoms with Crippen molar-refractivity contribution in [1.82, 2.24) is 0 Å². The first-order valence-electron chi connectivity index (χ1n) is 6.21. The molecule has 0 unspecified atom stereocenters. The molecule has 0 aromatic heterocycles. The number of ether oxygens (including phenoxy) is 1. The Morgan fingerprint density at radius 3 is 2.48 bits per heavy atom. The highest BCUT2D eigenvalue weighted by Crippen LogP contribution is 2.29. The summed E-state index contributed by atoms with van der Waals surface area (Å²) in [5, 5.41) is 0. The summed E-state index contributed by atoms with van der Waals surface area (Å²) < 4.78 is 41.5. The van der Waals surface area contributed by atoms with Crippen LogP contribution in [0.2, 0.25) is 0 Å². The number of benzene rings is 2. The van der Waals surface area contributed by atoms with Crippen molar-refractivity contribution < 1.29 is 17.5 Å². The topological polar surface area (TPSA) is 43.4 Å². The van der Waals surface area contributed by atoms with Crippen molar-refractivity contribution >= 4 is 19.7 Å². The van der Waals surface area contributed by atoms with Crippen molar-refractivity contribution in [1.29, 1.82) is 0 Å². The van der Waals surface area contributed by atoms with Crippen LogP contribution in [0, 0.1) is 19.7 Å². The van der Waals surface area contributed by atoms with Gasteiger partial charge in [0, 0.05) is 10.7 Å². The largest absolute Gasteiger partial charge is 0.489 e. The molecule has 21 heavy (non-hydrogen) atoms. The molecule has 2 aromatic rings. The Hall–Kier alpha value is -1.59. The molecule has 0 atom stereocenters. The SMILES string of the molecule is Cc1c(OCc2cccc(F)c2)ccc(S(=O)(=O)Cl)c1C. The van der Waals surface area contributed by atoms with Crippen molar-refractivity contribution in [2.75, 3.05) is 0 Å². The Balaban J connectivity index is 2.24. The van der Waals surface area contributed by atoms with E-state index in [2.05, 4.69) is 0 Å². The predicted octanol–water partition coefficient (Wildman–Crippen LogP) is 3.95. The molecule has 0 spiro atoms. The first kappa shape index (κ1) is 15.8. The maximum atomic E-state index is 13.1. The summed E-state index contributed by atoms with van der Waals surface area (Å²) in [7, 11) is 1.59. The van der Waals surface area contributed by atoms with Gasteiger partial charge in [-0.1, -0.05) is 12.1 Å². The van der Waals surface area contributed by atoms with Crippen LogP contribution in [0.3, 0.4) is 0 Å². The highest BCUT2D eigenvalue weighted by atomic mass is 35.7. The molecule has 0 heterocycles. The average molecular weight is 329 g/mol. The summed E-state index contributed by atoms with van der Waals surface area (Å²) in [6.45, 7) is 3.62. The van der Waals surface area contributed by atoms with Crippen LogP contribution in [0.25, 0.3) is 0 Å². The van der Waals surface area contributed by atoms with Gasteiger partial charge in [-0.3, -0.25) is 0 Å². The van der Waals surface area contributed by atoms with E-state index in [0.717, 1.165) is 0 Å². The van der Waals surface area contributed by atoms with Crippen LogP contribution in [0.5, 0.6) is 5.75 Å². The second kappa shape index (κ2) is 6.03. The highest BCUT2D eigenvalue weighted by molar-refractivity contribution is 8.13. The van der Waals surface area contributed by atoms with Gasteiger partial charge in [0.05, 0.1) is 4.90 Å². The molecule has 0 fully saturated rings. The Morgan fingerprint density at radius 1 is 1.14 bits per heavy atom. The zero-order chi connectivity index (χ0) is 15.6. The quantitative estimate of drug-likeness (QED) is 0.798. The van der Waals surface area contributed by atoms with Crippen LogP contribution in [-0.2, 0) is 15.7 Å². The Kier molecular flexibility index (Phi) is 4.54. The minimum atomic E-state index is -3.78. The fourth-order valence-electron chi connectivity index (χ4n) is 1.98. The van der Waals surface area contributed by atoms with E-state index in [-0.39, 0.29) is 17.3 Å². The van der Waals surface area contributed by atoms with Gasteiger partial charge in [-0.05, 0) is 54.8 Å². The molecule has 2 aromatic carbocycles. The monoisotopic (exact) mass is 328 g/mol. The third kappa shape index (κ3) is 3.74. The van der Waals surface area contributed by atoms with E-state index in [0.29, 0.717) is 22.4 Å². The van der Waals surface area contributed by atoms with Gasteiger partial charge in [0.15, 0.2) is 0 Å². The lowest BCUT2D eigenvalue weighted by molar-refractivity contribution is 0.303. The second-order valence-corrected chi connectivity index (χ2v) is 7.20. The fraction of sp³-hybridized carbons (Fsp3) is 0.200. The molecule has 0 aliphatic heterocycles. The van der Waals surface area contributed by atoms with Gasteiger partial charge in [0.25, 0.3) is 9.05 Å². The summed E-state index contributed by atoms with van der Waals surface area (Å²) in [5.74, 6) is 0.216. The van der Waals surface area contributed by atoms with E-state index in [1.807, 2.05) is 0 Å². The van der Waals surface area contributed by atoms with Gasteiger partial charge >= 0.3 is 0 Å². The van der Waals surface area contributed by atoms with Crippen molar-refractivity contribution in [3.05, 3.63) is 58.9 Å². The normalized spacial score (nSPS) is 11.4. The van der Waals surface area contributed by atoms with E-state index in [9.17, 15) is 12.8 Å². The molecule has 6 heteroatoms. The van der Waals surface area contributed by atoms with Crippen molar-refractivity contribution in [2.45, 2.75) is 25.3 Å². The standard InChI is InChI=1S/C15H14ClFO3S/c1-10-11(2)15(21(16,18)19)7-6-14(10)20-9-12-4-3-5-13(17)8-12/h3-8H,9H2,1-2H3. The molecule has 0 aliphatic rings. The van der Waals surface area contributed by atoms with Crippen LogP contribution in [-0.4, -0.2) is 8.42 Å². The first-order chi connectivity index (χ1) is 9.79. The minimum Gasteiger partial charge on any atom is -0.489 e. The van der Waals surface area contributed by atoms with Gasteiger partial charge in [-0.2, -0.15) is 0 Å². The predicted molar refractivity (Wildman–Crippen MR) is 79.7 cm³/mol. The van der Waals surface area contributed by atoms with Crippen LogP contribution in [0.4, 0.5) is 4.39 Å². The van der Waals surface area contributed by atoms with E-state index in [4.69, 9.17) is 15.4 Å². The first-order valence-corrected chi connectivity index (χ1v) is 8.52. The Morgan fingerprint density at radius 2 is 1.86 bits per heavy atom. The van der Waals surface area contributed by atoms with E-state index < -0.39 is 9.05 Å². The molecule has 0 amide bonds. The van der Waals surface area contributed by atoms with Gasteiger partial charge in [0.2, 0.25) is 0 Å². The lowest BCUT2D eigenvalue weighted by Gasteiger charge is -2.13. The Labute approximate surface area is 127 Å². The van der Waals surface area contributed by atoms with Gasteiger partial charge in [-0.25, -0.2) is 12.8 Å². The third-order valence-corrected chi connectivity index (χ3v) is 4.70. The molecular formula is C15H14ClFO3S. The highest BCUT2D eigenvalue weighted by Gasteiger charge is 2.17. The molecule has 0 N–H and O–H groups in total. The molecule has 2 rings (SSSR count). The number of hydrogen-bond acceptors (Lipinski definition) is 3. The molecule has 0 radical (unpaired) electrons. The smallest absolute Gasteiger partial charge is 0.261 e. The second-order valence-electron chi connectivity index (χ2n) is 4.67. The summed E-state index contributed by atoms with van der Waals surface area (Å²) in [6, 6.07) is 9.07. The van der Waals surface area contributed by atoms with Gasteiger partial charge in [0.1, 0.15) is 18.2 Å². The van der Waals surface area contributed by atoms with Crippen LogP contribution in [0.15, 0.2) is 41.3 Å². The lowest BCUT2D eigenvalue weighted by atomic mass is 10.1. The minimum absolute atomic E-state index is 0.0692. The number of rotatable bonds is 4.